The molecule has 1 heterocycles. The number of hydrogen-bond acceptors (Lipinski definition) is 5. The molecule has 0 fully saturated rings. The molecule has 20 heavy (non-hydrogen) atoms. The van der Waals surface area contributed by atoms with Gasteiger partial charge in [0.1, 0.15) is 28.6 Å². The van der Waals surface area contributed by atoms with E-state index in [1.165, 1.54) is 19.4 Å². The normalized spacial score (nSPS) is 9.40. The van der Waals surface area contributed by atoms with Crippen LogP contribution < -0.4 is 10.1 Å². The van der Waals surface area contributed by atoms with Crippen LogP contribution in [0.4, 0.5) is 11.5 Å². The summed E-state index contributed by atoms with van der Waals surface area (Å²) in [6, 6.07) is 10.6. The van der Waals surface area contributed by atoms with Crippen molar-refractivity contribution in [1.29, 1.82) is 10.5 Å². The first-order chi connectivity index (χ1) is 9.71. The fraction of sp³-hybridized carbons (Fsp3) is 0.0714. The molecule has 0 spiro atoms. The molecule has 0 atom stereocenters. The van der Waals surface area contributed by atoms with E-state index in [1.54, 1.807) is 18.2 Å². The SMILES string of the molecule is COc1cccc(C#N)c1Nc1nccc(C#N)c1Cl. The minimum atomic E-state index is 0.199. The molecule has 0 aliphatic carbocycles. The average molecular weight is 285 g/mol. The minimum absolute atomic E-state index is 0.199. The summed E-state index contributed by atoms with van der Waals surface area (Å²) in [5, 5.41) is 21.2. The standard InChI is InChI=1S/C14H9ClN4O/c1-20-11-4-2-3-10(8-17)13(11)19-14-12(15)9(7-16)5-6-18-14/h2-6H,1H3,(H,18,19). The van der Waals surface area contributed by atoms with Gasteiger partial charge in [-0.1, -0.05) is 17.7 Å². The van der Waals surface area contributed by atoms with Crippen molar-refractivity contribution in [1.82, 2.24) is 4.98 Å². The van der Waals surface area contributed by atoms with Crippen molar-refractivity contribution in [2.24, 2.45) is 0 Å². The average Bonchev–Trinajstić information content (AvgIpc) is 2.49. The van der Waals surface area contributed by atoms with E-state index >= 15 is 0 Å². The summed E-state index contributed by atoms with van der Waals surface area (Å²) in [5.41, 5.74) is 1.16. The Balaban J connectivity index is 2.51. The zero-order valence-corrected chi connectivity index (χ0v) is 11.3. The largest absolute Gasteiger partial charge is 0.495 e. The first-order valence-electron chi connectivity index (χ1n) is 5.60. The number of nitrogens with zero attached hydrogens (tertiary/aromatic N) is 3. The van der Waals surface area contributed by atoms with Crippen LogP contribution in [-0.2, 0) is 0 Å². The third-order valence-electron chi connectivity index (χ3n) is 2.62. The van der Waals surface area contributed by atoms with E-state index in [0.717, 1.165) is 0 Å². The summed E-state index contributed by atoms with van der Waals surface area (Å²) < 4.78 is 5.21. The van der Waals surface area contributed by atoms with Crippen molar-refractivity contribution in [3.63, 3.8) is 0 Å². The first-order valence-corrected chi connectivity index (χ1v) is 5.97. The number of methoxy groups -OCH3 is 1. The van der Waals surface area contributed by atoms with Gasteiger partial charge in [-0.25, -0.2) is 4.98 Å². The number of para-hydroxylation sites is 1. The van der Waals surface area contributed by atoms with Crippen LogP contribution in [0.5, 0.6) is 5.75 Å². The van der Waals surface area contributed by atoms with E-state index in [-0.39, 0.29) is 5.02 Å². The lowest BCUT2D eigenvalue weighted by Crippen LogP contribution is -2.00. The number of nitriles is 2. The maximum Gasteiger partial charge on any atom is 0.150 e. The van der Waals surface area contributed by atoms with Crippen molar-refractivity contribution in [3.8, 4) is 17.9 Å². The number of aromatic nitrogens is 1. The minimum Gasteiger partial charge on any atom is -0.495 e. The molecule has 6 heteroatoms. The highest BCUT2D eigenvalue weighted by Crippen LogP contribution is 2.33. The highest BCUT2D eigenvalue weighted by Gasteiger charge is 2.13. The molecule has 2 rings (SSSR count). The molecule has 0 saturated heterocycles. The number of pyridine rings is 1. The molecule has 0 aliphatic rings. The molecular formula is C14H9ClN4O. The maximum atomic E-state index is 9.14. The van der Waals surface area contributed by atoms with Crippen LogP contribution in [0.15, 0.2) is 30.5 Å². The lowest BCUT2D eigenvalue weighted by atomic mass is 10.1. The van der Waals surface area contributed by atoms with Crippen molar-refractivity contribution >= 4 is 23.1 Å². The Morgan fingerprint density at radius 2 is 1.95 bits per heavy atom. The highest BCUT2D eigenvalue weighted by atomic mass is 35.5. The second kappa shape index (κ2) is 5.92. The van der Waals surface area contributed by atoms with Crippen LogP contribution >= 0.6 is 11.6 Å². The first kappa shape index (κ1) is 13.7. The monoisotopic (exact) mass is 284 g/mol. The fourth-order valence-electron chi connectivity index (χ4n) is 1.66. The number of benzene rings is 1. The fourth-order valence-corrected chi connectivity index (χ4v) is 1.86. The van der Waals surface area contributed by atoms with Gasteiger partial charge in [-0.15, -0.1) is 0 Å². The van der Waals surface area contributed by atoms with Gasteiger partial charge in [-0.2, -0.15) is 10.5 Å². The summed E-state index contributed by atoms with van der Waals surface area (Å²) in [4.78, 5) is 4.07. The number of ether oxygens (including phenoxy) is 1. The number of anilines is 2. The van der Waals surface area contributed by atoms with Gasteiger partial charge in [0.15, 0.2) is 5.82 Å². The predicted molar refractivity (Wildman–Crippen MR) is 75.0 cm³/mol. The van der Waals surface area contributed by atoms with Crippen LogP contribution in [0.2, 0.25) is 5.02 Å². The molecule has 0 amide bonds. The molecule has 0 radical (unpaired) electrons. The second-order valence-corrected chi connectivity index (χ2v) is 4.13. The predicted octanol–water partition coefficient (Wildman–Crippen LogP) is 3.23. The van der Waals surface area contributed by atoms with Gasteiger partial charge in [0.2, 0.25) is 0 Å². The van der Waals surface area contributed by atoms with Gasteiger partial charge in [0.05, 0.1) is 18.2 Å². The summed E-state index contributed by atoms with van der Waals surface area (Å²) in [7, 11) is 1.50. The van der Waals surface area contributed by atoms with Crippen LogP contribution in [0.3, 0.4) is 0 Å². The molecule has 2 aromatic rings. The van der Waals surface area contributed by atoms with Crippen LogP contribution in [0, 0.1) is 22.7 Å². The summed E-state index contributed by atoms with van der Waals surface area (Å²) in [6.45, 7) is 0. The van der Waals surface area contributed by atoms with E-state index in [2.05, 4.69) is 16.4 Å². The summed E-state index contributed by atoms with van der Waals surface area (Å²) in [6.07, 6.45) is 1.47. The van der Waals surface area contributed by atoms with Gasteiger partial charge >= 0.3 is 0 Å². The smallest absolute Gasteiger partial charge is 0.150 e. The molecule has 5 nitrogen and oxygen atoms in total. The van der Waals surface area contributed by atoms with Crippen LogP contribution in [0.25, 0.3) is 0 Å². The van der Waals surface area contributed by atoms with Gasteiger partial charge in [0.25, 0.3) is 0 Å². The Labute approximate surface area is 121 Å². The van der Waals surface area contributed by atoms with E-state index in [4.69, 9.17) is 26.9 Å². The quantitative estimate of drug-likeness (QED) is 0.935. The lowest BCUT2D eigenvalue weighted by molar-refractivity contribution is 0.416. The van der Waals surface area contributed by atoms with Crippen molar-refractivity contribution in [2.45, 2.75) is 0 Å². The molecule has 1 aromatic heterocycles. The van der Waals surface area contributed by atoms with Gasteiger partial charge in [0, 0.05) is 6.20 Å². The lowest BCUT2D eigenvalue weighted by Gasteiger charge is -2.13. The Hall–Kier alpha value is -2.76. The Morgan fingerprint density at radius 3 is 2.60 bits per heavy atom. The third-order valence-corrected chi connectivity index (χ3v) is 3.00. The molecular weight excluding hydrogens is 276 g/mol. The van der Waals surface area contributed by atoms with E-state index < -0.39 is 0 Å². The molecule has 0 unspecified atom stereocenters. The molecule has 1 aromatic carbocycles. The zero-order valence-electron chi connectivity index (χ0n) is 10.5. The Bertz CT molecular complexity index is 731. The van der Waals surface area contributed by atoms with Gasteiger partial charge in [-0.3, -0.25) is 0 Å². The van der Waals surface area contributed by atoms with E-state index in [0.29, 0.717) is 28.4 Å². The molecule has 0 saturated carbocycles. The number of hydrogen-bond donors (Lipinski definition) is 1. The van der Waals surface area contributed by atoms with Crippen molar-refractivity contribution in [3.05, 3.63) is 46.6 Å². The number of halogens is 1. The number of nitrogens with one attached hydrogen (secondary N) is 1. The van der Waals surface area contributed by atoms with Crippen molar-refractivity contribution < 1.29 is 4.74 Å². The maximum absolute atomic E-state index is 9.14. The van der Waals surface area contributed by atoms with Crippen LogP contribution in [-0.4, -0.2) is 12.1 Å². The molecule has 1 N–H and O–H groups in total. The molecule has 98 valence electrons. The van der Waals surface area contributed by atoms with E-state index in [1.807, 2.05) is 6.07 Å². The number of rotatable bonds is 3. The molecule has 0 aliphatic heterocycles. The second-order valence-electron chi connectivity index (χ2n) is 3.75. The third kappa shape index (κ3) is 2.49. The summed E-state index contributed by atoms with van der Waals surface area (Å²) >= 11 is 6.08. The van der Waals surface area contributed by atoms with Crippen LogP contribution in [0.1, 0.15) is 11.1 Å². The highest BCUT2D eigenvalue weighted by molar-refractivity contribution is 6.34. The molecule has 0 bridgehead atoms. The summed E-state index contributed by atoms with van der Waals surface area (Å²) in [5.74, 6) is 0.788. The zero-order chi connectivity index (χ0) is 14.5. The van der Waals surface area contributed by atoms with Gasteiger partial charge < -0.3 is 10.1 Å². The topological polar surface area (TPSA) is 81.7 Å². The Kier molecular flexibility index (Phi) is 4.05. The Morgan fingerprint density at radius 1 is 1.20 bits per heavy atom. The van der Waals surface area contributed by atoms with E-state index in [9.17, 15) is 0 Å². The van der Waals surface area contributed by atoms with Crippen molar-refractivity contribution in [2.75, 3.05) is 12.4 Å². The van der Waals surface area contributed by atoms with Gasteiger partial charge in [-0.05, 0) is 18.2 Å².